The minimum Gasteiger partial charge on any atom is -0.287 e. The molecular weight excluding hydrogens is 326 g/mol. The van der Waals surface area contributed by atoms with E-state index in [9.17, 15) is 9.59 Å². The molecular formula is C18H15NO2S2. The van der Waals surface area contributed by atoms with Crippen LogP contribution in [0, 0.1) is 0 Å². The van der Waals surface area contributed by atoms with Crippen molar-refractivity contribution in [3.63, 3.8) is 0 Å². The molecule has 2 aromatic rings. The van der Waals surface area contributed by atoms with Gasteiger partial charge < -0.3 is 0 Å². The van der Waals surface area contributed by atoms with E-state index in [0.717, 1.165) is 11.1 Å². The minimum absolute atomic E-state index is 0.286. The van der Waals surface area contributed by atoms with Crippen molar-refractivity contribution in [1.82, 2.24) is 5.32 Å². The number of benzene rings is 2. The zero-order valence-corrected chi connectivity index (χ0v) is 14.0. The zero-order chi connectivity index (χ0) is 16.1. The Morgan fingerprint density at radius 3 is 1.43 bits per heavy atom. The van der Waals surface area contributed by atoms with Crippen LogP contribution in [0.15, 0.2) is 70.5 Å². The van der Waals surface area contributed by atoms with Gasteiger partial charge in [0.05, 0.1) is 9.81 Å². The number of thioether (sulfide) groups is 2. The Bertz CT molecular complexity index is 679. The van der Waals surface area contributed by atoms with Gasteiger partial charge in [-0.1, -0.05) is 60.7 Å². The van der Waals surface area contributed by atoms with Gasteiger partial charge in [0.15, 0.2) is 0 Å². The van der Waals surface area contributed by atoms with Crippen molar-refractivity contribution in [2.24, 2.45) is 0 Å². The van der Waals surface area contributed by atoms with Gasteiger partial charge in [-0.05, 0) is 11.1 Å². The summed E-state index contributed by atoms with van der Waals surface area (Å²) in [4.78, 5) is 25.1. The third-order valence-corrected chi connectivity index (χ3v) is 5.74. The Kier molecular flexibility index (Phi) is 5.20. The highest BCUT2D eigenvalue weighted by Gasteiger charge is 2.30. The number of carbonyl (C=O) groups excluding carboxylic acids is 2. The van der Waals surface area contributed by atoms with Crippen LogP contribution in [-0.2, 0) is 21.1 Å². The topological polar surface area (TPSA) is 46.2 Å². The smallest absolute Gasteiger partial charge is 0.265 e. The molecule has 116 valence electrons. The predicted octanol–water partition coefficient (Wildman–Crippen LogP) is 3.72. The molecule has 0 fully saturated rings. The van der Waals surface area contributed by atoms with Crippen molar-refractivity contribution in [3.8, 4) is 0 Å². The predicted molar refractivity (Wildman–Crippen MR) is 95.6 cm³/mol. The molecule has 1 N–H and O–H groups in total. The van der Waals surface area contributed by atoms with Crippen LogP contribution < -0.4 is 5.32 Å². The number of rotatable bonds is 6. The van der Waals surface area contributed by atoms with Gasteiger partial charge in [-0.2, -0.15) is 0 Å². The minimum atomic E-state index is -0.286. The highest BCUT2D eigenvalue weighted by atomic mass is 32.2. The molecule has 0 saturated carbocycles. The second-order valence-electron chi connectivity index (χ2n) is 4.99. The lowest BCUT2D eigenvalue weighted by atomic mass is 10.2. The molecule has 0 aliphatic carbocycles. The monoisotopic (exact) mass is 341 g/mol. The van der Waals surface area contributed by atoms with Gasteiger partial charge in [-0.15, -0.1) is 23.5 Å². The van der Waals surface area contributed by atoms with E-state index in [1.807, 2.05) is 60.7 Å². The van der Waals surface area contributed by atoms with Gasteiger partial charge in [-0.25, -0.2) is 0 Å². The maximum Gasteiger partial charge on any atom is 0.265 e. The van der Waals surface area contributed by atoms with Crippen molar-refractivity contribution >= 4 is 35.3 Å². The summed E-state index contributed by atoms with van der Waals surface area (Å²) in [5.74, 6) is 0.774. The maximum absolute atomic E-state index is 12.0. The van der Waals surface area contributed by atoms with Crippen molar-refractivity contribution in [1.29, 1.82) is 0 Å². The van der Waals surface area contributed by atoms with Gasteiger partial charge in [-0.3, -0.25) is 14.9 Å². The van der Waals surface area contributed by atoms with Crippen LogP contribution in [0.5, 0.6) is 0 Å². The van der Waals surface area contributed by atoms with Gasteiger partial charge in [0.1, 0.15) is 0 Å². The highest BCUT2D eigenvalue weighted by Crippen LogP contribution is 2.35. The van der Waals surface area contributed by atoms with Gasteiger partial charge in [0, 0.05) is 11.5 Å². The normalized spacial score (nSPS) is 14.3. The van der Waals surface area contributed by atoms with Crippen LogP contribution in [0.4, 0.5) is 0 Å². The molecule has 1 aliphatic rings. The Hall–Kier alpha value is -1.98. The number of carbonyl (C=O) groups is 2. The number of nitrogens with one attached hydrogen (secondary N) is 1. The summed E-state index contributed by atoms with van der Waals surface area (Å²) in [5, 5.41) is 2.40. The summed E-state index contributed by atoms with van der Waals surface area (Å²) in [5.41, 5.74) is 2.26. The Morgan fingerprint density at radius 2 is 1.04 bits per heavy atom. The standard InChI is InChI=1S/C18H15NO2S2/c20-17-15(22-11-13-7-3-1-4-8-13)16(18(21)19-17)23-12-14-9-5-2-6-10-14/h1-10H,11-12H2,(H,19,20,21). The molecule has 5 heteroatoms. The fraction of sp³-hybridized carbons (Fsp3) is 0.111. The maximum atomic E-state index is 12.0. The number of hydrogen-bond donors (Lipinski definition) is 1. The van der Waals surface area contributed by atoms with E-state index in [4.69, 9.17) is 0 Å². The quantitative estimate of drug-likeness (QED) is 0.814. The molecule has 0 aromatic heterocycles. The van der Waals surface area contributed by atoms with Crippen LogP contribution >= 0.6 is 23.5 Å². The second kappa shape index (κ2) is 7.53. The molecule has 2 amide bonds. The van der Waals surface area contributed by atoms with Crippen LogP contribution in [0.3, 0.4) is 0 Å². The Labute approximate surface area is 143 Å². The molecule has 23 heavy (non-hydrogen) atoms. The Morgan fingerprint density at radius 1 is 0.652 bits per heavy atom. The van der Waals surface area contributed by atoms with Crippen LogP contribution in [0.25, 0.3) is 0 Å². The molecule has 2 aromatic carbocycles. The van der Waals surface area contributed by atoms with Crippen LogP contribution in [0.1, 0.15) is 11.1 Å². The lowest BCUT2D eigenvalue weighted by molar-refractivity contribution is -0.123. The third kappa shape index (κ3) is 4.06. The first kappa shape index (κ1) is 15.9. The first-order valence-corrected chi connectivity index (χ1v) is 9.14. The van der Waals surface area contributed by atoms with Crippen molar-refractivity contribution in [2.75, 3.05) is 0 Å². The van der Waals surface area contributed by atoms with E-state index >= 15 is 0 Å². The first-order chi connectivity index (χ1) is 11.2. The van der Waals surface area contributed by atoms with Crippen LogP contribution in [0.2, 0.25) is 0 Å². The van der Waals surface area contributed by atoms with E-state index in [1.54, 1.807) is 0 Å². The summed E-state index contributed by atoms with van der Waals surface area (Å²) < 4.78 is 0. The summed E-state index contributed by atoms with van der Waals surface area (Å²) in [7, 11) is 0. The fourth-order valence-corrected chi connectivity index (χ4v) is 4.32. The average molecular weight is 341 g/mol. The molecule has 0 saturated heterocycles. The molecule has 3 nitrogen and oxygen atoms in total. The molecule has 3 rings (SSSR count). The Balaban J connectivity index is 1.71. The molecule has 0 spiro atoms. The first-order valence-electron chi connectivity index (χ1n) is 7.17. The molecule has 0 unspecified atom stereocenters. The van der Waals surface area contributed by atoms with E-state index in [2.05, 4.69) is 5.32 Å². The lowest BCUT2D eigenvalue weighted by Crippen LogP contribution is -2.22. The lowest BCUT2D eigenvalue weighted by Gasteiger charge is -2.04. The SMILES string of the molecule is O=C1NC(=O)C(SCc2ccccc2)=C1SCc1ccccc1. The van der Waals surface area contributed by atoms with Crippen molar-refractivity contribution in [3.05, 3.63) is 81.6 Å². The molecule has 0 bridgehead atoms. The molecule has 1 heterocycles. The molecule has 0 atom stereocenters. The molecule has 0 radical (unpaired) electrons. The van der Waals surface area contributed by atoms with Crippen molar-refractivity contribution in [2.45, 2.75) is 11.5 Å². The number of hydrogen-bond acceptors (Lipinski definition) is 4. The van der Waals surface area contributed by atoms with E-state index in [1.165, 1.54) is 23.5 Å². The van der Waals surface area contributed by atoms with Crippen LogP contribution in [-0.4, -0.2) is 11.8 Å². The van der Waals surface area contributed by atoms with Crippen molar-refractivity contribution < 1.29 is 9.59 Å². The third-order valence-electron chi connectivity index (χ3n) is 3.30. The van der Waals surface area contributed by atoms with Gasteiger partial charge >= 0.3 is 0 Å². The second-order valence-corrected chi connectivity index (χ2v) is 6.96. The average Bonchev–Trinajstić information content (AvgIpc) is 2.86. The summed E-state index contributed by atoms with van der Waals surface area (Å²) >= 11 is 2.84. The number of imide groups is 1. The van der Waals surface area contributed by atoms with E-state index in [-0.39, 0.29) is 11.8 Å². The van der Waals surface area contributed by atoms with Gasteiger partial charge in [0.25, 0.3) is 11.8 Å². The zero-order valence-electron chi connectivity index (χ0n) is 12.3. The summed E-state index contributed by atoms with van der Waals surface area (Å²) in [6.45, 7) is 0. The summed E-state index contributed by atoms with van der Waals surface area (Å²) in [6.07, 6.45) is 0. The fourth-order valence-electron chi connectivity index (χ4n) is 2.14. The highest BCUT2D eigenvalue weighted by molar-refractivity contribution is 8.07. The van der Waals surface area contributed by atoms with Gasteiger partial charge in [0.2, 0.25) is 0 Å². The largest absolute Gasteiger partial charge is 0.287 e. The molecule has 1 aliphatic heterocycles. The summed E-state index contributed by atoms with van der Waals surface area (Å²) in [6, 6.07) is 19.8. The van der Waals surface area contributed by atoms with E-state index in [0.29, 0.717) is 21.3 Å². The van der Waals surface area contributed by atoms with E-state index < -0.39 is 0 Å². The number of amides is 2.